The van der Waals surface area contributed by atoms with Crippen LogP contribution in [0, 0.1) is 5.92 Å². The number of pyridine rings is 1. The van der Waals surface area contributed by atoms with Crippen LogP contribution in [0.15, 0.2) is 22.8 Å². The van der Waals surface area contributed by atoms with Gasteiger partial charge in [0, 0.05) is 22.4 Å². The number of nitrogens with two attached hydrogens (primary N) is 1. The number of aromatic nitrogens is 1. The lowest BCUT2D eigenvalue weighted by Gasteiger charge is -2.18. The van der Waals surface area contributed by atoms with E-state index in [-0.39, 0.29) is 6.04 Å². The molecule has 3 heteroatoms. The second-order valence-corrected chi connectivity index (χ2v) is 4.61. The molecule has 0 spiro atoms. The molecule has 0 radical (unpaired) electrons. The van der Waals surface area contributed by atoms with Gasteiger partial charge < -0.3 is 5.73 Å². The summed E-state index contributed by atoms with van der Waals surface area (Å²) in [6.07, 6.45) is 3.92. The van der Waals surface area contributed by atoms with Crippen molar-refractivity contribution < 1.29 is 0 Å². The highest BCUT2D eigenvalue weighted by Gasteiger charge is 2.12. The first-order chi connectivity index (χ1) is 6.63. The minimum atomic E-state index is 0.241. The van der Waals surface area contributed by atoms with E-state index >= 15 is 0 Å². The molecule has 0 aliphatic heterocycles. The first kappa shape index (κ1) is 11.7. The van der Waals surface area contributed by atoms with Crippen molar-refractivity contribution in [2.75, 3.05) is 0 Å². The molecule has 2 nitrogen and oxygen atoms in total. The molecule has 14 heavy (non-hydrogen) atoms. The lowest BCUT2D eigenvalue weighted by Crippen LogP contribution is -2.27. The highest BCUT2D eigenvalue weighted by Crippen LogP contribution is 2.15. The monoisotopic (exact) mass is 256 g/mol. The van der Waals surface area contributed by atoms with Crippen LogP contribution in [0.1, 0.15) is 26.0 Å². The summed E-state index contributed by atoms with van der Waals surface area (Å²) in [4.78, 5) is 4.35. The summed E-state index contributed by atoms with van der Waals surface area (Å²) in [5, 5.41) is 0. The molecule has 0 fully saturated rings. The molecule has 0 saturated carbocycles. The van der Waals surface area contributed by atoms with Crippen molar-refractivity contribution in [2.45, 2.75) is 32.7 Å². The third-order valence-corrected chi connectivity index (χ3v) is 3.00. The average Bonchev–Trinajstić information content (AvgIpc) is 2.16. The standard InChI is InChI=1S/C11H17BrN2/c1-3-9(8(2)13)6-11-5-4-10(12)7-14-11/h4-5,7-9H,3,6,13H2,1-2H3. The summed E-state index contributed by atoms with van der Waals surface area (Å²) in [6.45, 7) is 4.24. The Kier molecular flexibility index (Phi) is 4.55. The van der Waals surface area contributed by atoms with Gasteiger partial charge in [0.2, 0.25) is 0 Å². The molecule has 2 N–H and O–H groups in total. The van der Waals surface area contributed by atoms with Crippen LogP contribution in [-0.2, 0) is 6.42 Å². The summed E-state index contributed by atoms with van der Waals surface area (Å²) in [7, 11) is 0. The van der Waals surface area contributed by atoms with Crippen LogP contribution in [0.5, 0.6) is 0 Å². The van der Waals surface area contributed by atoms with Crippen molar-refractivity contribution in [3.05, 3.63) is 28.5 Å². The smallest absolute Gasteiger partial charge is 0.0413 e. The SMILES string of the molecule is CCC(Cc1ccc(Br)cn1)C(C)N. The van der Waals surface area contributed by atoms with E-state index in [4.69, 9.17) is 5.73 Å². The van der Waals surface area contributed by atoms with E-state index in [2.05, 4.69) is 40.8 Å². The van der Waals surface area contributed by atoms with Gasteiger partial charge in [-0.15, -0.1) is 0 Å². The van der Waals surface area contributed by atoms with E-state index in [0.717, 1.165) is 23.0 Å². The Morgan fingerprint density at radius 1 is 1.50 bits per heavy atom. The van der Waals surface area contributed by atoms with Gasteiger partial charge in [0.25, 0.3) is 0 Å². The number of nitrogens with zero attached hydrogens (tertiary/aromatic N) is 1. The molecule has 1 aromatic heterocycles. The molecule has 0 amide bonds. The summed E-state index contributed by atoms with van der Waals surface area (Å²) in [6, 6.07) is 4.32. The fraction of sp³-hybridized carbons (Fsp3) is 0.545. The normalized spacial score (nSPS) is 15.1. The van der Waals surface area contributed by atoms with E-state index in [0.29, 0.717) is 5.92 Å². The molecule has 0 aliphatic rings. The zero-order valence-electron chi connectivity index (χ0n) is 8.70. The lowest BCUT2D eigenvalue weighted by atomic mass is 9.93. The van der Waals surface area contributed by atoms with E-state index in [1.54, 1.807) is 0 Å². The van der Waals surface area contributed by atoms with E-state index in [1.807, 2.05) is 12.3 Å². The van der Waals surface area contributed by atoms with Gasteiger partial charge in [-0.1, -0.05) is 13.3 Å². The fourth-order valence-electron chi connectivity index (χ4n) is 1.50. The first-order valence-electron chi connectivity index (χ1n) is 4.99. The van der Waals surface area contributed by atoms with Gasteiger partial charge in [0.05, 0.1) is 0 Å². The minimum absolute atomic E-state index is 0.241. The Morgan fingerprint density at radius 2 is 2.21 bits per heavy atom. The van der Waals surface area contributed by atoms with Gasteiger partial charge >= 0.3 is 0 Å². The molecule has 0 aliphatic carbocycles. The molecular weight excluding hydrogens is 240 g/mol. The maximum atomic E-state index is 5.89. The molecule has 2 atom stereocenters. The van der Waals surface area contributed by atoms with Crippen LogP contribution in [0.2, 0.25) is 0 Å². The Balaban J connectivity index is 2.63. The van der Waals surface area contributed by atoms with E-state index in [1.165, 1.54) is 0 Å². The molecule has 0 saturated heterocycles. The van der Waals surface area contributed by atoms with Crippen molar-refractivity contribution in [1.29, 1.82) is 0 Å². The lowest BCUT2D eigenvalue weighted by molar-refractivity contribution is 0.424. The van der Waals surface area contributed by atoms with Gasteiger partial charge in [-0.25, -0.2) is 0 Å². The molecular formula is C11H17BrN2. The van der Waals surface area contributed by atoms with Gasteiger partial charge in [0.15, 0.2) is 0 Å². The van der Waals surface area contributed by atoms with E-state index in [9.17, 15) is 0 Å². The maximum absolute atomic E-state index is 5.89. The van der Waals surface area contributed by atoms with Crippen molar-refractivity contribution in [3.63, 3.8) is 0 Å². The summed E-state index contributed by atoms with van der Waals surface area (Å²) < 4.78 is 1.02. The quantitative estimate of drug-likeness (QED) is 0.900. The second kappa shape index (κ2) is 5.47. The van der Waals surface area contributed by atoms with Crippen LogP contribution in [-0.4, -0.2) is 11.0 Å². The van der Waals surface area contributed by atoms with Crippen molar-refractivity contribution >= 4 is 15.9 Å². The Bertz CT molecular complexity index is 269. The van der Waals surface area contributed by atoms with Crippen LogP contribution in [0.3, 0.4) is 0 Å². The third-order valence-electron chi connectivity index (χ3n) is 2.53. The molecule has 0 aromatic carbocycles. The van der Waals surface area contributed by atoms with Crippen molar-refractivity contribution in [2.24, 2.45) is 11.7 Å². The fourth-order valence-corrected chi connectivity index (χ4v) is 1.73. The highest BCUT2D eigenvalue weighted by molar-refractivity contribution is 9.10. The van der Waals surface area contributed by atoms with Crippen molar-refractivity contribution in [1.82, 2.24) is 4.98 Å². The molecule has 1 heterocycles. The largest absolute Gasteiger partial charge is 0.328 e. The van der Waals surface area contributed by atoms with Gasteiger partial charge in [0.1, 0.15) is 0 Å². The summed E-state index contributed by atoms with van der Waals surface area (Å²) in [5.74, 6) is 0.531. The maximum Gasteiger partial charge on any atom is 0.0413 e. The van der Waals surface area contributed by atoms with Gasteiger partial charge in [-0.2, -0.15) is 0 Å². The van der Waals surface area contributed by atoms with Crippen LogP contribution < -0.4 is 5.73 Å². The van der Waals surface area contributed by atoms with Gasteiger partial charge in [-0.05, 0) is 47.3 Å². The Morgan fingerprint density at radius 3 is 2.64 bits per heavy atom. The van der Waals surface area contributed by atoms with Crippen LogP contribution in [0.25, 0.3) is 0 Å². The molecule has 1 aromatic rings. The second-order valence-electron chi connectivity index (χ2n) is 3.70. The first-order valence-corrected chi connectivity index (χ1v) is 5.78. The summed E-state index contributed by atoms with van der Waals surface area (Å²) >= 11 is 3.37. The highest BCUT2D eigenvalue weighted by atomic mass is 79.9. The molecule has 78 valence electrons. The zero-order chi connectivity index (χ0) is 10.6. The Hall–Kier alpha value is -0.410. The topological polar surface area (TPSA) is 38.9 Å². The third kappa shape index (κ3) is 3.39. The molecule has 2 unspecified atom stereocenters. The Labute approximate surface area is 94.0 Å². The molecule has 1 rings (SSSR count). The predicted octanol–water partition coefficient (Wildman–Crippen LogP) is 2.76. The average molecular weight is 257 g/mol. The number of rotatable bonds is 4. The number of halogens is 1. The minimum Gasteiger partial charge on any atom is -0.328 e. The predicted molar refractivity (Wildman–Crippen MR) is 63.1 cm³/mol. The number of hydrogen-bond donors (Lipinski definition) is 1. The number of hydrogen-bond acceptors (Lipinski definition) is 2. The summed E-state index contributed by atoms with van der Waals surface area (Å²) in [5.41, 5.74) is 7.01. The van der Waals surface area contributed by atoms with E-state index < -0.39 is 0 Å². The molecule has 0 bridgehead atoms. The zero-order valence-corrected chi connectivity index (χ0v) is 10.3. The van der Waals surface area contributed by atoms with Crippen LogP contribution >= 0.6 is 15.9 Å². The van der Waals surface area contributed by atoms with Crippen LogP contribution in [0.4, 0.5) is 0 Å². The van der Waals surface area contributed by atoms with Gasteiger partial charge in [-0.3, -0.25) is 4.98 Å². The van der Waals surface area contributed by atoms with Crippen molar-refractivity contribution in [3.8, 4) is 0 Å².